The maximum atomic E-state index is 13.9. The van der Waals surface area contributed by atoms with Crippen molar-refractivity contribution in [3.63, 3.8) is 0 Å². The minimum atomic E-state index is -0.722. The Kier molecular flexibility index (Phi) is 11.3. The fourth-order valence-electron chi connectivity index (χ4n) is 8.08. The topological polar surface area (TPSA) is 103 Å². The van der Waals surface area contributed by atoms with Crippen LogP contribution in [0.4, 0.5) is 10.5 Å². The van der Waals surface area contributed by atoms with E-state index >= 15 is 0 Å². The van der Waals surface area contributed by atoms with E-state index in [-0.39, 0.29) is 23.6 Å². The highest BCUT2D eigenvalue weighted by molar-refractivity contribution is 6.31. The van der Waals surface area contributed by atoms with Gasteiger partial charge in [0, 0.05) is 81.5 Å². The second kappa shape index (κ2) is 15.5. The molecule has 0 spiro atoms. The molecule has 12 heteroatoms. The van der Waals surface area contributed by atoms with Crippen molar-refractivity contribution in [2.45, 2.75) is 72.4 Å². The van der Waals surface area contributed by atoms with Crippen molar-refractivity contribution < 1.29 is 28.8 Å². The molecule has 0 bridgehead atoms. The van der Waals surface area contributed by atoms with Gasteiger partial charge in [0.1, 0.15) is 5.60 Å². The van der Waals surface area contributed by atoms with Gasteiger partial charge in [-0.1, -0.05) is 29.8 Å². The van der Waals surface area contributed by atoms with E-state index in [1.807, 2.05) is 58.0 Å². The number of fused-ring (bicyclic) bond motifs is 2. The Hall–Kier alpha value is -3.67. The van der Waals surface area contributed by atoms with Crippen molar-refractivity contribution in [2.24, 2.45) is 17.8 Å². The molecule has 3 saturated heterocycles. The zero-order valence-corrected chi connectivity index (χ0v) is 31.4. The van der Waals surface area contributed by atoms with Crippen molar-refractivity contribution in [3.05, 3.63) is 63.7 Å². The molecule has 6 rings (SSSR count). The van der Waals surface area contributed by atoms with Gasteiger partial charge in [-0.3, -0.25) is 14.4 Å². The Morgan fingerprint density at radius 2 is 1.65 bits per heavy atom. The second-order valence-corrected chi connectivity index (χ2v) is 16.1. The minimum absolute atomic E-state index is 0.0605. The number of ether oxygens (including phenoxy) is 1. The van der Waals surface area contributed by atoms with Crippen molar-refractivity contribution in [2.75, 3.05) is 63.8 Å². The average Bonchev–Trinajstić information content (AvgIpc) is 3.65. The van der Waals surface area contributed by atoms with E-state index in [2.05, 4.69) is 4.90 Å². The molecule has 3 amide bonds. The van der Waals surface area contributed by atoms with Gasteiger partial charge in [0.25, 0.3) is 5.91 Å². The van der Waals surface area contributed by atoms with E-state index in [1.54, 1.807) is 32.8 Å². The Morgan fingerprint density at radius 3 is 2.29 bits per heavy atom. The Labute approximate surface area is 306 Å². The summed E-state index contributed by atoms with van der Waals surface area (Å²) in [6, 6.07) is 11.7. The first-order chi connectivity index (χ1) is 24.3. The van der Waals surface area contributed by atoms with Crippen LogP contribution in [0.1, 0.15) is 74.0 Å². The summed E-state index contributed by atoms with van der Waals surface area (Å²) >= 11 is 6.50. The SMILES string of the molecule is CC(=O)N1CCC(C(=O)N(CCCN2CC3CN(C(=O)c4cccc5c4CCN(OC(=O)OC(C)(C)C)C5)CC3C2)c2ccc(C)c(Cl)c2)CC1. The molecular formula is C39H52ClN5O6. The number of anilines is 1. The first-order valence-electron chi connectivity index (χ1n) is 18.4. The maximum absolute atomic E-state index is 13.9. The number of benzene rings is 2. The molecular weight excluding hydrogens is 670 g/mol. The fourth-order valence-corrected chi connectivity index (χ4v) is 8.25. The number of likely N-dealkylation sites (tertiary alicyclic amines) is 3. The summed E-state index contributed by atoms with van der Waals surface area (Å²) in [6.45, 7) is 15.9. The van der Waals surface area contributed by atoms with Crippen LogP contribution in [0.5, 0.6) is 0 Å². The summed E-state index contributed by atoms with van der Waals surface area (Å²) < 4.78 is 5.30. The Bertz CT molecular complexity index is 1620. The monoisotopic (exact) mass is 721 g/mol. The van der Waals surface area contributed by atoms with Crippen LogP contribution in [-0.4, -0.2) is 108 Å². The largest absolute Gasteiger partial charge is 0.528 e. The van der Waals surface area contributed by atoms with Crippen LogP contribution in [0.25, 0.3) is 0 Å². The maximum Gasteiger partial charge on any atom is 0.528 e. The summed E-state index contributed by atoms with van der Waals surface area (Å²) in [7, 11) is 0. The van der Waals surface area contributed by atoms with E-state index < -0.39 is 11.8 Å². The highest BCUT2D eigenvalue weighted by atomic mass is 35.5. The summed E-state index contributed by atoms with van der Waals surface area (Å²) in [4.78, 5) is 65.4. The number of amides is 3. The molecule has 0 saturated carbocycles. The molecule has 2 unspecified atom stereocenters. The Morgan fingerprint density at radius 1 is 0.941 bits per heavy atom. The second-order valence-electron chi connectivity index (χ2n) is 15.7. The summed E-state index contributed by atoms with van der Waals surface area (Å²) in [5, 5.41) is 2.25. The van der Waals surface area contributed by atoms with Gasteiger partial charge >= 0.3 is 6.16 Å². The van der Waals surface area contributed by atoms with Gasteiger partial charge < -0.3 is 29.2 Å². The molecule has 276 valence electrons. The van der Waals surface area contributed by atoms with Gasteiger partial charge in [-0.15, -0.1) is 5.06 Å². The quantitative estimate of drug-likeness (QED) is 0.327. The molecule has 0 aromatic heterocycles. The molecule has 4 aliphatic rings. The van der Waals surface area contributed by atoms with E-state index in [9.17, 15) is 19.2 Å². The van der Waals surface area contributed by atoms with Gasteiger partial charge in [-0.25, -0.2) is 4.79 Å². The number of aryl methyl sites for hydroxylation is 1. The number of hydroxylamine groups is 2. The summed E-state index contributed by atoms with van der Waals surface area (Å²) in [6.07, 6.45) is 2.06. The lowest BCUT2D eigenvalue weighted by atomic mass is 9.94. The van der Waals surface area contributed by atoms with Crippen molar-refractivity contribution in [3.8, 4) is 0 Å². The summed E-state index contributed by atoms with van der Waals surface area (Å²) in [5.74, 6) is 0.976. The lowest BCUT2D eigenvalue weighted by Gasteiger charge is -2.34. The molecule has 3 fully saturated rings. The van der Waals surface area contributed by atoms with Gasteiger partial charge in [-0.05, 0) is 107 Å². The van der Waals surface area contributed by atoms with E-state index in [0.29, 0.717) is 68.8 Å². The zero-order chi connectivity index (χ0) is 36.4. The number of hydrogen-bond donors (Lipinski definition) is 0. The van der Waals surface area contributed by atoms with Crippen LogP contribution in [-0.2, 0) is 32.1 Å². The van der Waals surface area contributed by atoms with E-state index in [0.717, 1.165) is 67.1 Å². The normalized spacial score (nSPS) is 21.3. The van der Waals surface area contributed by atoms with Gasteiger partial charge in [0.2, 0.25) is 11.8 Å². The van der Waals surface area contributed by atoms with Gasteiger partial charge in [0.05, 0.1) is 6.54 Å². The van der Waals surface area contributed by atoms with Gasteiger partial charge in [0.15, 0.2) is 0 Å². The predicted octanol–water partition coefficient (Wildman–Crippen LogP) is 5.56. The molecule has 2 aromatic carbocycles. The molecule has 4 aliphatic heterocycles. The number of halogens is 1. The highest BCUT2D eigenvalue weighted by Gasteiger charge is 2.42. The molecule has 51 heavy (non-hydrogen) atoms. The van der Waals surface area contributed by atoms with Crippen molar-refractivity contribution in [1.82, 2.24) is 19.8 Å². The smallest absolute Gasteiger partial charge is 0.427 e. The highest BCUT2D eigenvalue weighted by Crippen LogP contribution is 2.34. The molecule has 11 nitrogen and oxygen atoms in total. The molecule has 0 N–H and O–H groups in total. The molecule has 0 aliphatic carbocycles. The first kappa shape index (κ1) is 37.1. The van der Waals surface area contributed by atoms with Crippen LogP contribution in [0.15, 0.2) is 36.4 Å². The third kappa shape index (κ3) is 8.87. The lowest BCUT2D eigenvalue weighted by molar-refractivity contribution is -0.151. The molecule has 2 atom stereocenters. The molecule has 0 radical (unpaired) electrons. The standard InChI is InChI=1S/C39H52ClN5O6/c1-26-10-11-32(20-35(26)40)45(36(47)28-12-17-42(18-13-28)27(2)46)16-7-15-41-21-30-23-43(24-31(30)22-41)37(48)34-9-6-8-29-25-44(19-14-33(29)34)51-38(49)50-39(3,4)5/h6,8-11,20,28,30-31H,7,12-19,21-25H2,1-5H3. The van der Waals surface area contributed by atoms with E-state index in [4.69, 9.17) is 21.2 Å². The fraction of sp³-hybridized carbons (Fsp3) is 0.590. The Balaban J connectivity index is 1.01. The summed E-state index contributed by atoms with van der Waals surface area (Å²) in [5.41, 5.74) is 3.93. The number of rotatable bonds is 8. The number of hydrogen-bond acceptors (Lipinski definition) is 8. The number of piperidine rings is 1. The predicted molar refractivity (Wildman–Crippen MR) is 195 cm³/mol. The van der Waals surface area contributed by atoms with Crippen LogP contribution >= 0.6 is 11.6 Å². The molecule has 2 aromatic rings. The minimum Gasteiger partial charge on any atom is -0.427 e. The third-order valence-electron chi connectivity index (χ3n) is 10.8. The number of carbonyl (C=O) groups is 4. The van der Waals surface area contributed by atoms with Crippen LogP contribution in [0, 0.1) is 24.7 Å². The zero-order valence-electron chi connectivity index (χ0n) is 30.7. The van der Waals surface area contributed by atoms with E-state index in [1.165, 1.54) is 0 Å². The van der Waals surface area contributed by atoms with Crippen LogP contribution < -0.4 is 4.90 Å². The third-order valence-corrected chi connectivity index (χ3v) is 11.2. The van der Waals surface area contributed by atoms with Crippen LogP contribution in [0.3, 0.4) is 0 Å². The molecule has 4 heterocycles. The number of nitrogens with zero attached hydrogens (tertiary/aromatic N) is 5. The van der Waals surface area contributed by atoms with Crippen molar-refractivity contribution in [1.29, 1.82) is 0 Å². The lowest BCUT2D eigenvalue weighted by Crippen LogP contribution is -2.44. The van der Waals surface area contributed by atoms with Crippen molar-refractivity contribution >= 4 is 41.2 Å². The average molecular weight is 722 g/mol. The first-order valence-corrected chi connectivity index (χ1v) is 18.7. The van der Waals surface area contributed by atoms with Crippen LogP contribution in [0.2, 0.25) is 5.02 Å². The number of carbonyl (C=O) groups excluding carboxylic acids is 4. The van der Waals surface area contributed by atoms with Gasteiger partial charge in [-0.2, -0.15) is 0 Å².